The number of nitrogens with two attached hydrogens (primary N) is 1. The van der Waals surface area contributed by atoms with Crippen molar-refractivity contribution in [3.05, 3.63) is 24.0 Å². The van der Waals surface area contributed by atoms with Crippen LogP contribution in [0, 0.1) is 0 Å². The summed E-state index contributed by atoms with van der Waals surface area (Å²) in [4.78, 5) is 4.20. The van der Waals surface area contributed by atoms with Crippen molar-refractivity contribution in [1.29, 1.82) is 0 Å². The Balaban J connectivity index is 2.89. The summed E-state index contributed by atoms with van der Waals surface area (Å²) in [5.41, 5.74) is 6.11. The summed E-state index contributed by atoms with van der Waals surface area (Å²) in [5, 5.41) is 0. The van der Waals surface area contributed by atoms with Gasteiger partial charge in [-0.2, -0.15) is 4.31 Å². The molecule has 2 N–H and O–H groups in total. The van der Waals surface area contributed by atoms with Crippen LogP contribution in [0.1, 0.15) is 12.1 Å². The van der Waals surface area contributed by atoms with Crippen molar-refractivity contribution < 1.29 is 17.9 Å². The summed E-state index contributed by atoms with van der Waals surface area (Å²) in [7, 11) is -0.458. The molecule has 7 nitrogen and oxygen atoms in total. The maximum Gasteiger partial charge on any atom is 0.244 e. The van der Waals surface area contributed by atoms with Crippen molar-refractivity contribution in [3.8, 4) is 0 Å². The predicted octanol–water partition coefficient (Wildman–Crippen LogP) is 0.214. The zero-order valence-electron chi connectivity index (χ0n) is 12.5. The lowest BCUT2D eigenvalue weighted by Crippen LogP contribution is -2.35. The van der Waals surface area contributed by atoms with Gasteiger partial charge in [-0.1, -0.05) is 0 Å². The molecule has 0 spiro atoms. The van der Waals surface area contributed by atoms with Crippen molar-refractivity contribution in [3.63, 3.8) is 0 Å². The Kier molecular flexibility index (Phi) is 7.76. The molecule has 0 aliphatic rings. The number of hydrogen-bond acceptors (Lipinski definition) is 6. The number of methoxy groups -OCH3 is 2. The number of ether oxygens (including phenoxy) is 2. The fourth-order valence-corrected chi connectivity index (χ4v) is 3.17. The molecule has 0 unspecified atom stereocenters. The van der Waals surface area contributed by atoms with E-state index in [1.54, 1.807) is 13.2 Å². The summed E-state index contributed by atoms with van der Waals surface area (Å²) < 4.78 is 36.5. The molecular weight excluding hydrogens is 294 g/mol. The second-order valence-electron chi connectivity index (χ2n) is 4.43. The lowest BCUT2D eigenvalue weighted by Gasteiger charge is -2.21. The van der Waals surface area contributed by atoms with Crippen LogP contribution in [-0.2, 0) is 26.0 Å². The third-order valence-corrected chi connectivity index (χ3v) is 4.83. The average molecular weight is 317 g/mol. The smallest absolute Gasteiger partial charge is 0.244 e. The van der Waals surface area contributed by atoms with E-state index in [0.29, 0.717) is 38.4 Å². The van der Waals surface area contributed by atoms with Crippen LogP contribution < -0.4 is 5.73 Å². The first-order valence-corrected chi connectivity index (χ1v) is 8.13. The topological polar surface area (TPSA) is 94.8 Å². The summed E-state index contributed by atoms with van der Waals surface area (Å²) in [6, 6.07) is 3.15. The van der Waals surface area contributed by atoms with Gasteiger partial charge in [0.05, 0.1) is 12.3 Å². The Hall–Kier alpha value is -1.06. The van der Waals surface area contributed by atoms with E-state index in [2.05, 4.69) is 4.98 Å². The van der Waals surface area contributed by atoms with Crippen LogP contribution in [0.3, 0.4) is 0 Å². The van der Waals surface area contributed by atoms with Crippen LogP contribution in [0.2, 0.25) is 0 Å². The van der Waals surface area contributed by atoms with Gasteiger partial charge in [0.2, 0.25) is 10.0 Å². The fourth-order valence-electron chi connectivity index (χ4n) is 1.76. The van der Waals surface area contributed by atoms with Crippen LogP contribution in [0.4, 0.5) is 0 Å². The van der Waals surface area contributed by atoms with Crippen molar-refractivity contribution in [1.82, 2.24) is 9.29 Å². The van der Waals surface area contributed by atoms with E-state index in [1.807, 2.05) is 0 Å². The zero-order valence-corrected chi connectivity index (χ0v) is 13.3. The van der Waals surface area contributed by atoms with Crippen molar-refractivity contribution in [2.75, 3.05) is 40.5 Å². The summed E-state index contributed by atoms with van der Waals surface area (Å²) in [5.74, 6) is 0. The molecule has 1 aromatic rings. The highest BCUT2D eigenvalue weighted by molar-refractivity contribution is 7.89. The van der Waals surface area contributed by atoms with Crippen LogP contribution in [0.25, 0.3) is 0 Å². The van der Waals surface area contributed by atoms with Gasteiger partial charge in [0, 0.05) is 46.7 Å². The first kappa shape index (κ1) is 18.0. The Morgan fingerprint density at radius 1 is 1.19 bits per heavy atom. The predicted molar refractivity (Wildman–Crippen MR) is 79.3 cm³/mol. The van der Waals surface area contributed by atoms with Gasteiger partial charge in [0.25, 0.3) is 0 Å². The highest BCUT2D eigenvalue weighted by Crippen LogP contribution is 2.15. The number of nitrogens with zero attached hydrogens (tertiary/aromatic N) is 2. The van der Waals surface area contributed by atoms with E-state index in [4.69, 9.17) is 15.2 Å². The first-order chi connectivity index (χ1) is 10.1. The molecule has 0 amide bonds. The van der Waals surface area contributed by atoms with Gasteiger partial charge in [-0.05, 0) is 18.6 Å². The van der Waals surface area contributed by atoms with Crippen molar-refractivity contribution >= 4 is 10.0 Å². The molecule has 8 heteroatoms. The second-order valence-corrected chi connectivity index (χ2v) is 6.37. The van der Waals surface area contributed by atoms with E-state index in [9.17, 15) is 8.42 Å². The van der Waals surface area contributed by atoms with Crippen molar-refractivity contribution in [2.45, 2.75) is 17.9 Å². The molecule has 0 saturated carbocycles. The Morgan fingerprint density at radius 2 is 1.90 bits per heavy atom. The van der Waals surface area contributed by atoms with Crippen molar-refractivity contribution in [2.24, 2.45) is 5.73 Å². The minimum Gasteiger partial charge on any atom is -0.385 e. The molecule has 0 aliphatic carbocycles. The van der Waals surface area contributed by atoms with Crippen LogP contribution in [0.5, 0.6) is 0 Å². The van der Waals surface area contributed by atoms with Gasteiger partial charge in [-0.25, -0.2) is 8.42 Å². The molecule has 1 rings (SSSR count). The van der Waals surface area contributed by atoms with Crippen LogP contribution in [-0.4, -0.2) is 58.2 Å². The van der Waals surface area contributed by atoms with E-state index in [1.165, 1.54) is 23.7 Å². The van der Waals surface area contributed by atoms with Gasteiger partial charge in [0.15, 0.2) is 0 Å². The number of pyridine rings is 1. The highest BCUT2D eigenvalue weighted by atomic mass is 32.2. The molecule has 0 aromatic carbocycles. The zero-order chi connectivity index (χ0) is 15.7. The molecule has 21 heavy (non-hydrogen) atoms. The van der Waals surface area contributed by atoms with E-state index >= 15 is 0 Å². The number of rotatable bonds is 10. The summed E-state index contributed by atoms with van der Waals surface area (Å²) in [6.07, 6.45) is 1.96. The fraction of sp³-hybridized carbons (Fsp3) is 0.615. The van der Waals surface area contributed by atoms with Gasteiger partial charge >= 0.3 is 0 Å². The lowest BCUT2D eigenvalue weighted by molar-refractivity contribution is 0.164. The summed E-state index contributed by atoms with van der Waals surface area (Å²) >= 11 is 0. The molecule has 0 atom stereocenters. The second kappa shape index (κ2) is 9.06. The molecule has 0 saturated heterocycles. The Bertz CT molecular complexity index is 505. The quantitative estimate of drug-likeness (QED) is 0.620. The van der Waals surface area contributed by atoms with Gasteiger partial charge in [0.1, 0.15) is 4.90 Å². The van der Waals surface area contributed by atoms with Crippen LogP contribution in [0.15, 0.2) is 23.2 Å². The van der Waals surface area contributed by atoms with Gasteiger partial charge < -0.3 is 15.2 Å². The first-order valence-electron chi connectivity index (χ1n) is 6.69. The molecule has 1 aromatic heterocycles. The van der Waals surface area contributed by atoms with E-state index < -0.39 is 10.0 Å². The maximum absolute atomic E-state index is 12.6. The molecule has 120 valence electrons. The molecule has 1 heterocycles. The van der Waals surface area contributed by atoms with E-state index in [-0.39, 0.29) is 11.4 Å². The van der Waals surface area contributed by atoms with Gasteiger partial charge in [-0.3, -0.25) is 4.98 Å². The number of hydrogen-bond donors (Lipinski definition) is 1. The third kappa shape index (κ3) is 5.33. The van der Waals surface area contributed by atoms with Crippen LogP contribution >= 0.6 is 0 Å². The molecule has 0 bridgehead atoms. The Morgan fingerprint density at radius 3 is 2.43 bits per heavy atom. The van der Waals surface area contributed by atoms with Gasteiger partial charge in [-0.15, -0.1) is 0 Å². The Labute approximate surface area is 126 Å². The monoisotopic (exact) mass is 317 g/mol. The number of sulfonamides is 1. The van der Waals surface area contributed by atoms with E-state index in [0.717, 1.165) is 0 Å². The minimum atomic E-state index is -3.58. The standard InChI is InChI=1S/C13H23N3O4S/c1-19-8-3-6-16(7-9-20-2)21(17,18)13-5-4-12(10-14)15-11-13/h4-5,11H,3,6-10,14H2,1-2H3. The largest absolute Gasteiger partial charge is 0.385 e. The SMILES string of the molecule is COCCCN(CCOC)S(=O)(=O)c1ccc(CN)nc1. The summed E-state index contributed by atoms with van der Waals surface area (Å²) in [6.45, 7) is 1.78. The normalized spacial score (nSPS) is 12.0. The molecule has 0 aliphatic heterocycles. The third-order valence-electron chi connectivity index (χ3n) is 2.95. The maximum atomic E-state index is 12.6. The minimum absolute atomic E-state index is 0.160. The number of aromatic nitrogens is 1. The molecular formula is C13H23N3O4S. The molecule has 0 fully saturated rings. The highest BCUT2D eigenvalue weighted by Gasteiger charge is 2.24. The lowest BCUT2D eigenvalue weighted by atomic mass is 10.4. The average Bonchev–Trinajstić information content (AvgIpc) is 2.50. The molecule has 0 radical (unpaired) electrons.